The van der Waals surface area contributed by atoms with Crippen LogP contribution in [0.3, 0.4) is 0 Å². The van der Waals surface area contributed by atoms with Crippen molar-refractivity contribution in [3.8, 4) is 5.75 Å². The van der Waals surface area contributed by atoms with Gasteiger partial charge in [-0.25, -0.2) is 9.97 Å². The van der Waals surface area contributed by atoms with Gasteiger partial charge in [0.25, 0.3) is 0 Å². The smallest absolute Gasteiger partial charge is 0.223 e. The second-order valence-corrected chi connectivity index (χ2v) is 4.62. The molecule has 0 unspecified atom stereocenters. The molecule has 0 saturated heterocycles. The normalized spacial score (nSPS) is 12.9. The molecule has 0 aliphatic heterocycles. The number of methoxy groups -OCH3 is 1. The Morgan fingerprint density at radius 1 is 1.40 bits per heavy atom. The van der Waals surface area contributed by atoms with Crippen molar-refractivity contribution in [1.29, 1.82) is 0 Å². The Morgan fingerprint density at radius 2 is 2.20 bits per heavy atom. The van der Waals surface area contributed by atoms with E-state index >= 15 is 0 Å². The molecule has 0 amide bonds. The maximum atomic E-state index is 9.22. The number of nitrogens with zero attached hydrogens (tertiary/aromatic N) is 4. The molecule has 0 saturated carbocycles. The Morgan fingerprint density at radius 3 is 2.90 bits per heavy atom. The van der Waals surface area contributed by atoms with E-state index in [1.807, 2.05) is 25.1 Å². The van der Waals surface area contributed by atoms with Crippen LogP contribution in [0.15, 0.2) is 18.2 Å². The van der Waals surface area contributed by atoms with Gasteiger partial charge >= 0.3 is 0 Å². The van der Waals surface area contributed by atoms with Crippen LogP contribution in [0.1, 0.15) is 18.7 Å². The summed E-state index contributed by atoms with van der Waals surface area (Å²) in [4.78, 5) is 8.79. The zero-order valence-corrected chi connectivity index (χ0v) is 11.2. The van der Waals surface area contributed by atoms with Crippen LogP contribution >= 0.6 is 0 Å². The van der Waals surface area contributed by atoms with Crippen LogP contribution < -0.4 is 10.5 Å². The number of nitrogens with two attached hydrogens (primary N) is 1. The molecule has 0 fully saturated rings. The fraction of sp³-hybridized carbons (Fsp3) is 0.308. The predicted molar refractivity (Wildman–Crippen MR) is 74.8 cm³/mol. The van der Waals surface area contributed by atoms with Crippen LogP contribution in [0, 0.1) is 0 Å². The molecule has 20 heavy (non-hydrogen) atoms. The minimum absolute atomic E-state index is 0.0224. The summed E-state index contributed by atoms with van der Waals surface area (Å²) in [6.45, 7) is 1.83. The number of aliphatic hydroxyl groups excluding tert-OH is 1. The Labute approximate surface area is 115 Å². The van der Waals surface area contributed by atoms with Crippen LogP contribution in [-0.4, -0.2) is 38.4 Å². The number of hydrogen-bond donors (Lipinski definition) is 2. The number of para-hydroxylation sites is 1. The molecular formula is C13H15N5O2. The van der Waals surface area contributed by atoms with Crippen LogP contribution in [-0.2, 0) is 0 Å². The van der Waals surface area contributed by atoms with E-state index in [1.54, 1.807) is 7.11 Å². The lowest BCUT2D eigenvalue weighted by Gasteiger charge is -2.06. The van der Waals surface area contributed by atoms with Crippen molar-refractivity contribution in [2.24, 2.45) is 0 Å². The number of benzene rings is 1. The third-order valence-corrected chi connectivity index (χ3v) is 3.24. The maximum Gasteiger partial charge on any atom is 0.223 e. The van der Waals surface area contributed by atoms with Gasteiger partial charge in [0.1, 0.15) is 11.3 Å². The number of rotatable bonds is 3. The molecule has 3 N–H and O–H groups in total. The van der Waals surface area contributed by atoms with Gasteiger partial charge in [-0.1, -0.05) is 13.0 Å². The van der Waals surface area contributed by atoms with Crippen molar-refractivity contribution in [1.82, 2.24) is 19.6 Å². The summed E-state index contributed by atoms with van der Waals surface area (Å²) in [5.74, 6) is 1.25. The Bertz CT molecular complexity index is 783. The topological polar surface area (TPSA) is 98.6 Å². The van der Waals surface area contributed by atoms with Gasteiger partial charge in [0.05, 0.1) is 13.7 Å². The van der Waals surface area contributed by atoms with Gasteiger partial charge in [-0.3, -0.25) is 0 Å². The van der Waals surface area contributed by atoms with Gasteiger partial charge in [-0.15, -0.1) is 5.10 Å². The molecule has 0 aliphatic carbocycles. The number of fused-ring (bicyclic) bond motifs is 3. The third-order valence-electron chi connectivity index (χ3n) is 3.24. The first-order chi connectivity index (χ1) is 9.65. The van der Waals surface area contributed by atoms with Gasteiger partial charge in [0.2, 0.25) is 5.95 Å². The maximum absolute atomic E-state index is 9.22. The predicted octanol–water partition coefficient (Wildman–Crippen LogP) is 0.964. The molecule has 3 rings (SSSR count). The number of aliphatic hydroxyl groups is 1. The van der Waals surface area contributed by atoms with Crippen molar-refractivity contribution in [3.05, 3.63) is 24.0 Å². The first-order valence-corrected chi connectivity index (χ1v) is 6.25. The minimum atomic E-state index is -0.157. The summed E-state index contributed by atoms with van der Waals surface area (Å²) < 4.78 is 6.78. The van der Waals surface area contributed by atoms with Gasteiger partial charge in [-0.05, 0) is 12.1 Å². The quantitative estimate of drug-likeness (QED) is 0.737. The molecule has 2 aromatic heterocycles. The van der Waals surface area contributed by atoms with E-state index in [-0.39, 0.29) is 18.5 Å². The lowest BCUT2D eigenvalue weighted by atomic mass is 10.2. The lowest BCUT2D eigenvalue weighted by Crippen LogP contribution is -2.04. The molecule has 7 heteroatoms. The lowest BCUT2D eigenvalue weighted by molar-refractivity contribution is 0.269. The summed E-state index contributed by atoms with van der Waals surface area (Å²) in [6, 6.07) is 5.57. The Hall–Kier alpha value is -2.41. The van der Waals surface area contributed by atoms with Gasteiger partial charge < -0.3 is 15.6 Å². The third kappa shape index (κ3) is 1.75. The summed E-state index contributed by atoms with van der Waals surface area (Å²) in [5, 5.41) is 14.3. The van der Waals surface area contributed by atoms with E-state index in [0.29, 0.717) is 22.7 Å². The second-order valence-electron chi connectivity index (χ2n) is 4.62. The van der Waals surface area contributed by atoms with E-state index in [4.69, 9.17) is 10.5 Å². The highest BCUT2D eigenvalue weighted by molar-refractivity contribution is 5.95. The standard InChI is InChI=1S/C13H15N5O2/c1-7(6-19)11-16-12-8-4-3-5-9(20-2)10(8)15-13(14)18(12)17-11/h3-5,7,19H,6H2,1-2H3,(H2,14,15)/t7-/m0/s1. The Kier molecular flexibility index (Phi) is 2.90. The molecule has 0 aliphatic rings. The molecule has 7 nitrogen and oxygen atoms in total. The largest absolute Gasteiger partial charge is 0.494 e. The first-order valence-electron chi connectivity index (χ1n) is 6.25. The molecule has 1 atom stereocenters. The fourth-order valence-corrected chi connectivity index (χ4v) is 2.10. The van der Waals surface area contributed by atoms with Crippen LogP contribution in [0.5, 0.6) is 5.75 Å². The molecule has 3 aromatic rings. The number of anilines is 1. The van der Waals surface area contributed by atoms with Gasteiger partial charge in [0.15, 0.2) is 11.5 Å². The van der Waals surface area contributed by atoms with Gasteiger partial charge in [-0.2, -0.15) is 4.52 Å². The van der Waals surface area contributed by atoms with E-state index in [9.17, 15) is 5.11 Å². The molecule has 0 spiro atoms. The first kappa shape index (κ1) is 12.6. The van der Waals surface area contributed by atoms with Gasteiger partial charge in [0, 0.05) is 11.3 Å². The summed E-state index contributed by atoms with van der Waals surface area (Å²) in [7, 11) is 1.58. The number of nitrogen functional groups attached to an aromatic ring is 1. The van der Waals surface area contributed by atoms with Crippen molar-refractivity contribution in [3.63, 3.8) is 0 Å². The van der Waals surface area contributed by atoms with Crippen molar-refractivity contribution < 1.29 is 9.84 Å². The summed E-state index contributed by atoms with van der Waals surface area (Å²) >= 11 is 0. The summed E-state index contributed by atoms with van der Waals surface area (Å²) in [6.07, 6.45) is 0. The molecule has 1 aromatic carbocycles. The Balaban J connectivity index is 2.38. The van der Waals surface area contributed by atoms with Crippen LogP contribution in [0.4, 0.5) is 5.95 Å². The number of hydrogen-bond acceptors (Lipinski definition) is 6. The average molecular weight is 273 g/mol. The fourth-order valence-electron chi connectivity index (χ4n) is 2.10. The second kappa shape index (κ2) is 4.61. The summed E-state index contributed by atoms with van der Waals surface area (Å²) in [5.41, 5.74) is 7.19. The van der Waals surface area contributed by atoms with E-state index < -0.39 is 0 Å². The zero-order chi connectivity index (χ0) is 14.3. The molecular weight excluding hydrogens is 258 g/mol. The zero-order valence-electron chi connectivity index (χ0n) is 11.2. The minimum Gasteiger partial charge on any atom is -0.494 e. The molecule has 2 heterocycles. The number of ether oxygens (including phenoxy) is 1. The van der Waals surface area contributed by atoms with Crippen molar-refractivity contribution in [2.45, 2.75) is 12.8 Å². The molecule has 0 radical (unpaired) electrons. The van der Waals surface area contributed by atoms with Crippen LogP contribution in [0.2, 0.25) is 0 Å². The van der Waals surface area contributed by atoms with E-state index in [1.165, 1.54) is 4.52 Å². The highest BCUT2D eigenvalue weighted by Gasteiger charge is 2.16. The highest BCUT2D eigenvalue weighted by Crippen LogP contribution is 2.28. The molecule has 104 valence electrons. The van der Waals surface area contributed by atoms with Crippen molar-refractivity contribution in [2.75, 3.05) is 19.5 Å². The van der Waals surface area contributed by atoms with E-state index in [0.717, 1.165) is 5.39 Å². The highest BCUT2D eigenvalue weighted by atomic mass is 16.5. The van der Waals surface area contributed by atoms with Crippen LogP contribution in [0.25, 0.3) is 16.6 Å². The average Bonchev–Trinajstić information content (AvgIpc) is 2.92. The SMILES string of the molecule is COc1cccc2c1nc(N)n1nc([C@@H](C)CO)nc21. The number of aromatic nitrogens is 4. The molecule has 0 bridgehead atoms. The van der Waals surface area contributed by atoms with Crippen molar-refractivity contribution >= 4 is 22.5 Å². The van der Waals surface area contributed by atoms with E-state index in [2.05, 4.69) is 15.1 Å². The monoisotopic (exact) mass is 273 g/mol.